The lowest BCUT2D eigenvalue weighted by Gasteiger charge is -2.31. The van der Waals surface area contributed by atoms with E-state index in [9.17, 15) is 0 Å². The Labute approximate surface area is 113 Å². The summed E-state index contributed by atoms with van der Waals surface area (Å²) in [7, 11) is 2.22. The number of likely N-dealkylation sites (N-methyl/N-ethyl adjacent to an activating group) is 1. The molecule has 1 aliphatic heterocycles. The molecule has 18 heavy (non-hydrogen) atoms. The van der Waals surface area contributed by atoms with Crippen LogP contribution in [0.2, 0.25) is 0 Å². The van der Waals surface area contributed by atoms with Gasteiger partial charge in [-0.25, -0.2) is 0 Å². The maximum Gasteiger partial charge on any atom is 0.0589 e. The number of ether oxygens (including phenoxy) is 1. The van der Waals surface area contributed by atoms with Gasteiger partial charge in [0.1, 0.15) is 0 Å². The predicted octanol–water partition coefficient (Wildman–Crippen LogP) is 2.65. The van der Waals surface area contributed by atoms with Crippen LogP contribution >= 0.6 is 0 Å². The van der Waals surface area contributed by atoms with Crippen LogP contribution in [0.15, 0.2) is 0 Å². The predicted molar refractivity (Wildman–Crippen MR) is 78.1 cm³/mol. The summed E-state index contributed by atoms with van der Waals surface area (Å²) in [6.07, 6.45) is 6.54. The average Bonchev–Trinajstić information content (AvgIpc) is 2.38. The van der Waals surface area contributed by atoms with Crippen molar-refractivity contribution in [1.29, 1.82) is 0 Å². The Morgan fingerprint density at radius 1 is 1.39 bits per heavy atom. The lowest BCUT2D eigenvalue weighted by atomic mass is 10.0. The van der Waals surface area contributed by atoms with Crippen molar-refractivity contribution >= 4 is 0 Å². The zero-order valence-electron chi connectivity index (χ0n) is 12.7. The lowest BCUT2D eigenvalue weighted by Crippen LogP contribution is -2.43. The molecule has 0 aromatic carbocycles. The van der Waals surface area contributed by atoms with Crippen LogP contribution in [0.4, 0.5) is 0 Å². The first-order valence-electron chi connectivity index (χ1n) is 7.72. The molecule has 1 fully saturated rings. The van der Waals surface area contributed by atoms with Gasteiger partial charge in [0.25, 0.3) is 0 Å². The van der Waals surface area contributed by atoms with Crippen molar-refractivity contribution < 1.29 is 4.74 Å². The van der Waals surface area contributed by atoms with Crippen molar-refractivity contribution in [3.8, 4) is 0 Å². The van der Waals surface area contributed by atoms with Crippen LogP contribution in [0.25, 0.3) is 0 Å². The summed E-state index contributed by atoms with van der Waals surface area (Å²) in [6.45, 7) is 9.97. The first-order chi connectivity index (χ1) is 8.67. The van der Waals surface area contributed by atoms with Gasteiger partial charge in [0, 0.05) is 31.8 Å². The molecule has 3 heteroatoms. The molecule has 108 valence electrons. The molecule has 0 aromatic rings. The Morgan fingerprint density at radius 3 is 2.83 bits per heavy atom. The van der Waals surface area contributed by atoms with Crippen molar-refractivity contribution in [3.63, 3.8) is 0 Å². The monoisotopic (exact) mass is 256 g/mol. The molecule has 1 aliphatic rings. The molecule has 0 aliphatic carbocycles. The summed E-state index contributed by atoms with van der Waals surface area (Å²) < 4.78 is 5.78. The van der Waals surface area contributed by atoms with Crippen LogP contribution in [0, 0.1) is 0 Å². The van der Waals surface area contributed by atoms with Crippen molar-refractivity contribution in [2.24, 2.45) is 0 Å². The summed E-state index contributed by atoms with van der Waals surface area (Å²) in [4.78, 5) is 2.44. The summed E-state index contributed by atoms with van der Waals surface area (Å²) in [5.74, 6) is 0. The molecule has 3 nitrogen and oxygen atoms in total. The summed E-state index contributed by atoms with van der Waals surface area (Å²) >= 11 is 0. The normalized spacial score (nSPS) is 26.5. The van der Waals surface area contributed by atoms with E-state index in [2.05, 4.69) is 38.0 Å². The Kier molecular flexibility index (Phi) is 7.87. The Hall–Kier alpha value is -0.120. The molecule has 3 unspecified atom stereocenters. The van der Waals surface area contributed by atoms with Gasteiger partial charge in [-0.05, 0) is 39.7 Å². The second kappa shape index (κ2) is 8.89. The van der Waals surface area contributed by atoms with Crippen molar-refractivity contribution in [2.75, 3.05) is 26.7 Å². The molecule has 0 bridgehead atoms. The molecule has 0 aromatic heterocycles. The van der Waals surface area contributed by atoms with Gasteiger partial charge in [-0.1, -0.05) is 20.3 Å². The third kappa shape index (κ3) is 5.68. The van der Waals surface area contributed by atoms with Crippen LogP contribution < -0.4 is 5.32 Å². The van der Waals surface area contributed by atoms with E-state index < -0.39 is 0 Å². The molecule has 1 heterocycles. The number of hydrogen-bond acceptors (Lipinski definition) is 3. The van der Waals surface area contributed by atoms with E-state index in [1.54, 1.807) is 0 Å². The molecule has 1 N–H and O–H groups in total. The Balaban J connectivity index is 2.15. The van der Waals surface area contributed by atoms with Crippen LogP contribution in [-0.2, 0) is 4.74 Å². The van der Waals surface area contributed by atoms with Crippen LogP contribution in [0.1, 0.15) is 52.9 Å². The molecule has 1 saturated heterocycles. The van der Waals surface area contributed by atoms with E-state index in [1.165, 1.54) is 32.1 Å². The highest BCUT2D eigenvalue weighted by atomic mass is 16.5. The summed E-state index contributed by atoms with van der Waals surface area (Å²) in [5.41, 5.74) is 0. The van der Waals surface area contributed by atoms with Gasteiger partial charge < -0.3 is 15.0 Å². The number of nitrogens with one attached hydrogen (secondary N) is 1. The minimum absolute atomic E-state index is 0.494. The summed E-state index contributed by atoms with van der Waals surface area (Å²) in [6, 6.07) is 1.36. The van der Waals surface area contributed by atoms with Gasteiger partial charge in [-0.2, -0.15) is 0 Å². The quantitative estimate of drug-likeness (QED) is 0.722. The Bertz CT molecular complexity index is 209. The number of rotatable bonds is 8. The fraction of sp³-hybridized carbons (Fsp3) is 1.00. The zero-order chi connectivity index (χ0) is 13.4. The fourth-order valence-corrected chi connectivity index (χ4v) is 2.57. The van der Waals surface area contributed by atoms with Gasteiger partial charge in [0.2, 0.25) is 0 Å². The highest BCUT2D eigenvalue weighted by molar-refractivity contribution is 4.77. The molecule has 0 spiro atoms. The van der Waals surface area contributed by atoms with Gasteiger partial charge in [-0.15, -0.1) is 0 Å². The summed E-state index contributed by atoms with van der Waals surface area (Å²) in [5, 5.41) is 3.70. The van der Waals surface area contributed by atoms with E-state index >= 15 is 0 Å². The average molecular weight is 256 g/mol. The van der Waals surface area contributed by atoms with Crippen LogP contribution in [-0.4, -0.2) is 49.8 Å². The van der Waals surface area contributed by atoms with Crippen LogP contribution in [0.3, 0.4) is 0 Å². The van der Waals surface area contributed by atoms with E-state index in [0.717, 1.165) is 19.7 Å². The van der Waals surface area contributed by atoms with Crippen molar-refractivity contribution in [2.45, 2.75) is 71.1 Å². The van der Waals surface area contributed by atoms with Gasteiger partial charge in [-0.3, -0.25) is 0 Å². The molecular weight excluding hydrogens is 224 g/mol. The van der Waals surface area contributed by atoms with Crippen molar-refractivity contribution in [1.82, 2.24) is 10.2 Å². The lowest BCUT2D eigenvalue weighted by molar-refractivity contribution is -0.00342. The minimum Gasteiger partial charge on any atom is -0.378 e. The minimum atomic E-state index is 0.494. The van der Waals surface area contributed by atoms with Crippen LogP contribution in [0.5, 0.6) is 0 Å². The molecular formula is C15H32N2O. The molecule has 0 saturated carbocycles. The highest BCUT2D eigenvalue weighted by Crippen LogP contribution is 2.17. The maximum atomic E-state index is 5.78. The smallest absolute Gasteiger partial charge is 0.0589 e. The molecule has 3 atom stereocenters. The topological polar surface area (TPSA) is 24.5 Å². The van der Waals surface area contributed by atoms with Crippen molar-refractivity contribution in [3.05, 3.63) is 0 Å². The number of hydrogen-bond donors (Lipinski definition) is 1. The van der Waals surface area contributed by atoms with E-state index in [4.69, 9.17) is 4.74 Å². The Morgan fingerprint density at radius 2 is 2.17 bits per heavy atom. The second-order valence-corrected chi connectivity index (χ2v) is 5.69. The highest BCUT2D eigenvalue weighted by Gasteiger charge is 2.21. The maximum absolute atomic E-state index is 5.78. The van der Waals surface area contributed by atoms with E-state index in [0.29, 0.717) is 18.2 Å². The third-order valence-corrected chi connectivity index (χ3v) is 4.22. The van der Waals surface area contributed by atoms with Gasteiger partial charge in [0.15, 0.2) is 0 Å². The number of nitrogens with zero attached hydrogens (tertiary/aromatic N) is 1. The second-order valence-electron chi connectivity index (χ2n) is 5.69. The van der Waals surface area contributed by atoms with E-state index in [-0.39, 0.29) is 0 Å². The first kappa shape index (κ1) is 15.9. The molecule has 1 rings (SSSR count). The largest absolute Gasteiger partial charge is 0.378 e. The standard InChI is InChI=1S/C15H32N2O/c1-5-7-15-12-14(8-11-18-15)16-9-10-17(4)13(3)6-2/h13-16H,5-12H2,1-4H3. The van der Waals surface area contributed by atoms with Gasteiger partial charge in [0.05, 0.1) is 6.10 Å². The molecule has 0 amide bonds. The fourth-order valence-electron chi connectivity index (χ4n) is 2.57. The van der Waals surface area contributed by atoms with Gasteiger partial charge >= 0.3 is 0 Å². The molecule has 0 radical (unpaired) electrons. The van der Waals surface area contributed by atoms with E-state index in [1.807, 2.05) is 0 Å². The first-order valence-corrected chi connectivity index (χ1v) is 7.72. The SMILES string of the molecule is CCCC1CC(NCCN(C)C(C)CC)CCO1. The third-order valence-electron chi connectivity index (χ3n) is 4.22. The zero-order valence-corrected chi connectivity index (χ0v) is 12.7.